The van der Waals surface area contributed by atoms with Gasteiger partial charge < -0.3 is 15.4 Å². The van der Waals surface area contributed by atoms with E-state index in [2.05, 4.69) is 10.6 Å². The summed E-state index contributed by atoms with van der Waals surface area (Å²) in [4.78, 5) is 25.5. The van der Waals surface area contributed by atoms with Crippen molar-refractivity contribution in [3.05, 3.63) is 65.2 Å². The monoisotopic (exact) mass is 376 g/mol. The zero-order chi connectivity index (χ0) is 19.1. The Labute approximate surface area is 164 Å². The lowest BCUT2D eigenvalue weighted by molar-refractivity contribution is -0.124. The second-order valence-electron chi connectivity index (χ2n) is 8.12. The van der Waals surface area contributed by atoms with E-state index in [1.807, 2.05) is 48.5 Å². The predicted molar refractivity (Wildman–Crippen MR) is 106 cm³/mol. The SMILES string of the molecule is O=C1CCC(C(=O)NC2CC3(CCNC3)Oc3ccccc32)c2ccccc21. The first-order valence-electron chi connectivity index (χ1n) is 10.1. The van der Waals surface area contributed by atoms with Gasteiger partial charge in [-0.1, -0.05) is 42.5 Å². The van der Waals surface area contributed by atoms with Gasteiger partial charge in [-0.3, -0.25) is 9.59 Å². The number of ketones is 1. The van der Waals surface area contributed by atoms with Gasteiger partial charge in [0.05, 0.1) is 12.0 Å². The lowest BCUT2D eigenvalue weighted by Crippen LogP contribution is -2.47. The van der Waals surface area contributed by atoms with Crippen LogP contribution in [0.25, 0.3) is 0 Å². The molecule has 0 radical (unpaired) electrons. The fourth-order valence-corrected chi connectivity index (χ4v) is 4.89. The quantitative estimate of drug-likeness (QED) is 0.845. The molecule has 5 heteroatoms. The molecule has 2 heterocycles. The number of rotatable bonds is 2. The third kappa shape index (κ3) is 2.90. The van der Waals surface area contributed by atoms with Crippen LogP contribution in [0.2, 0.25) is 0 Å². The van der Waals surface area contributed by atoms with Gasteiger partial charge in [-0.2, -0.15) is 0 Å². The van der Waals surface area contributed by atoms with Gasteiger partial charge in [0, 0.05) is 36.9 Å². The van der Waals surface area contributed by atoms with Crippen LogP contribution in [0.1, 0.15) is 59.1 Å². The van der Waals surface area contributed by atoms with E-state index in [0.717, 1.165) is 42.8 Å². The van der Waals surface area contributed by atoms with Crippen LogP contribution in [0.5, 0.6) is 5.75 Å². The van der Waals surface area contributed by atoms with Crippen LogP contribution in [-0.4, -0.2) is 30.4 Å². The Balaban J connectivity index is 1.43. The number of fused-ring (bicyclic) bond motifs is 2. The topological polar surface area (TPSA) is 67.4 Å². The third-order valence-corrected chi connectivity index (χ3v) is 6.33. The summed E-state index contributed by atoms with van der Waals surface area (Å²) in [6, 6.07) is 15.4. The molecular formula is C23H24N2O3. The van der Waals surface area contributed by atoms with E-state index in [4.69, 9.17) is 4.74 Å². The fraction of sp³-hybridized carbons (Fsp3) is 0.391. The molecule has 1 amide bonds. The summed E-state index contributed by atoms with van der Waals surface area (Å²) in [6.07, 6.45) is 2.69. The molecule has 5 rings (SSSR count). The van der Waals surface area contributed by atoms with Crippen LogP contribution < -0.4 is 15.4 Å². The van der Waals surface area contributed by atoms with Crippen molar-refractivity contribution in [2.75, 3.05) is 13.1 Å². The summed E-state index contributed by atoms with van der Waals surface area (Å²) in [7, 11) is 0. The van der Waals surface area contributed by atoms with Crippen LogP contribution in [0, 0.1) is 0 Å². The Morgan fingerprint density at radius 3 is 2.71 bits per heavy atom. The molecule has 144 valence electrons. The van der Waals surface area contributed by atoms with E-state index < -0.39 is 0 Å². The average molecular weight is 376 g/mol. The first-order valence-corrected chi connectivity index (χ1v) is 10.1. The van der Waals surface area contributed by atoms with Crippen molar-refractivity contribution < 1.29 is 14.3 Å². The van der Waals surface area contributed by atoms with Gasteiger partial charge in [0.2, 0.25) is 5.91 Å². The summed E-state index contributed by atoms with van der Waals surface area (Å²) in [5.74, 6) is 0.721. The molecule has 28 heavy (non-hydrogen) atoms. The van der Waals surface area contributed by atoms with Crippen molar-refractivity contribution >= 4 is 11.7 Å². The molecule has 5 nitrogen and oxygen atoms in total. The first kappa shape index (κ1) is 17.4. The second-order valence-corrected chi connectivity index (χ2v) is 8.12. The highest BCUT2D eigenvalue weighted by molar-refractivity contribution is 6.01. The Morgan fingerprint density at radius 2 is 1.89 bits per heavy atom. The highest BCUT2D eigenvalue weighted by Crippen LogP contribution is 2.42. The number of amides is 1. The number of nitrogens with one attached hydrogen (secondary N) is 2. The number of carbonyl (C=O) groups excluding carboxylic acids is 2. The number of carbonyl (C=O) groups is 2. The van der Waals surface area contributed by atoms with E-state index in [9.17, 15) is 9.59 Å². The Kier molecular flexibility index (Phi) is 4.20. The van der Waals surface area contributed by atoms with Gasteiger partial charge in [0.15, 0.2) is 5.78 Å². The minimum atomic E-state index is -0.276. The van der Waals surface area contributed by atoms with Gasteiger partial charge >= 0.3 is 0 Å². The molecule has 0 saturated carbocycles. The Bertz CT molecular complexity index is 933. The number of Topliss-reactive ketones (excluding diaryl/α,β-unsaturated/α-hetero) is 1. The Hall–Kier alpha value is -2.66. The summed E-state index contributed by atoms with van der Waals surface area (Å²) in [5.41, 5.74) is 2.33. The van der Waals surface area contributed by atoms with E-state index in [1.165, 1.54) is 0 Å². The van der Waals surface area contributed by atoms with Crippen molar-refractivity contribution in [2.45, 2.75) is 43.2 Å². The predicted octanol–water partition coefficient (Wildman–Crippen LogP) is 3.12. The maximum atomic E-state index is 13.3. The van der Waals surface area contributed by atoms with E-state index in [1.54, 1.807) is 0 Å². The molecule has 1 fully saturated rings. The smallest absolute Gasteiger partial charge is 0.228 e. The highest BCUT2D eigenvalue weighted by Gasteiger charge is 2.44. The van der Waals surface area contributed by atoms with Gasteiger partial charge in [-0.25, -0.2) is 0 Å². The van der Waals surface area contributed by atoms with Crippen LogP contribution in [0.15, 0.2) is 48.5 Å². The summed E-state index contributed by atoms with van der Waals surface area (Å²) in [5, 5.41) is 6.69. The highest BCUT2D eigenvalue weighted by atomic mass is 16.5. The summed E-state index contributed by atoms with van der Waals surface area (Å²) in [6.45, 7) is 1.73. The molecule has 1 aliphatic carbocycles. The minimum absolute atomic E-state index is 0.00255. The van der Waals surface area contributed by atoms with Crippen molar-refractivity contribution in [1.82, 2.24) is 10.6 Å². The van der Waals surface area contributed by atoms with Gasteiger partial charge in [0.1, 0.15) is 11.4 Å². The van der Waals surface area contributed by atoms with Crippen LogP contribution in [0.3, 0.4) is 0 Å². The minimum Gasteiger partial charge on any atom is -0.485 e. The average Bonchev–Trinajstić information content (AvgIpc) is 3.15. The zero-order valence-corrected chi connectivity index (χ0v) is 15.7. The molecule has 2 aliphatic heterocycles. The largest absolute Gasteiger partial charge is 0.485 e. The van der Waals surface area contributed by atoms with Gasteiger partial charge in [-0.15, -0.1) is 0 Å². The first-order chi connectivity index (χ1) is 13.7. The number of ether oxygens (including phenoxy) is 1. The molecule has 2 aromatic rings. The molecule has 0 aromatic heterocycles. The summed E-state index contributed by atoms with van der Waals surface area (Å²) >= 11 is 0. The van der Waals surface area contributed by atoms with E-state index in [-0.39, 0.29) is 29.3 Å². The normalized spacial score (nSPS) is 28.4. The van der Waals surface area contributed by atoms with Crippen molar-refractivity contribution in [3.63, 3.8) is 0 Å². The van der Waals surface area contributed by atoms with Crippen molar-refractivity contribution in [1.29, 1.82) is 0 Å². The van der Waals surface area contributed by atoms with Crippen molar-refractivity contribution in [2.24, 2.45) is 0 Å². The summed E-state index contributed by atoms with van der Waals surface area (Å²) < 4.78 is 6.35. The zero-order valence-electron chi connectivity index (χ0n) is 15.7. The third-order valence-electron chi connectivity index (χ3n) is 6.33. The molecule has 2 aromatic carbocycles. The molecule has 2 N–H and O–H groups in total. The molecular weight excluding hydrogens is 352 g/mol. The molecule has 3 atom stereocenters. The fourth-order valence-electron chi connectivity index (χ4n) is 4.89. The lowest BCUT2D eigenvalue weighted by atomic mass is 9.81. The maximum Gasteiger partial charge on any atom is 0.228 e. The lowest BCUT2D eigenvalue weighted by Gasteiger charge is -2.40. The maximum absolute atomic E-state index is 13.3. The van der Waals surface area contributed by atoms with Crippen molar-refractivity contribution in [3.8, 4) is 5.75 Å². The number of hydrogen-bond donors (Lipinski definition) is 2. The van der Waals surface area contributed by atoms with Crippen LogP contribution in [-0.2, 0) is 4.79 Å². The molecule has 1 saturated heterocycles. The van der Waals surface area contributed by atoms with Crippen LogP contribution >= 0.6 is 0 Å². The van der Waals surface area contributed by atoms with Gasteiger partial charge in [0.25, 0.3) is 0 Å². The molecule has 3 unspecified atom stereocenters. The van der Waals surface area contributed by atoms with E-state index >= 15 is 0 Å². The molecule has 1 spiro atoms. The number of benzene rings is 2. The van der Waals surface area contributed by atoms with Gasteiger partial charge in [-0.05, 0) is 24.6 Å². The number of hydrogen-bond acceptors (Lipinski definition) is 4. The standard InChI is InChI=1S/C23H24N2O3/c26-20-10-9-17(15-5-1-2-6-16(15)20)22(27)25-19-13-23(11-12-24-14-23)28-21-8-4-3-7-18(19)21/h1-8,17,19,24H,9-14H2,(H,25,27). The van der Waals surface area contributed by atoms with Crippen LogP contribution in [0.4, 0.5) is 0 Å². The second kappa shape index (κ2) is 6.74. The molecule has 0 bridgehead atoms. The molecule has 3 aliphatic rings. The number of para-hydroxylation sites is 1. The Morgan fingerprint density at radius 1 is 1.11 bits per heavy atom. The van der Waals surface area contributed by atoms with E-state index in [0.29, 0.717) is 18.4 Å².